The molecule has 0 fully saturated rings. The minimum absolute atomic E-state index is 0.00680. The predicted octanol–water partition coefficient (Wildman–Crippen LogP) is 3.81. The first-order valence-electron chi connectivity index (χ1n) is 8.63. The van der Waals surface area contributed by atoms with Crippen molar-refractivity contribution < 1.29 is 0 Å². The Bertz CT molecular complexity index is 873. The molecule has 1 aromatic carbocycles. The van der Waals surface area contributed by atoms with E-state index >= 15 is 0 Å². The lowest BCUT2D eigenvalue weighted by atomic mass is 9.95. The zero-order chi connectivity index (χ0) is 16.7. The van der Waals surface area contributed by atoms with Crippen LogP contribution in [0.2, 0.25) is 0 Å². The van der Waals surface area contributed by atoms with Crippen LogP contribution in [0.4, 0.5) is 0 Å². The largest absolute Gasteiger partial charge is 0.361 e. The van der Waals surface area contributed by atoms with E-state index in [9.17, 15) is 0 Å². The van der Waals surface area contributed by atoms with Crippen LogP contribution in [-0.4, -0.2) is 26.4 Å². The number of H-pyrrole nitrogens is 1. The molecule has 1 aliphatic rings. The molecule has 0 atom stereocenters. The van der Waals surface area contributed by atoms with Gasteiger partial charge in [-0.05, 0) is 29.0 Å². The molecule has 124 valence electrons. The molecule has 0 aliphatic carbocycles. The van der Waals surface area contributed by atoms with Crippen LogP contribution in [0.3, 0.4) is 0 Å². The number of fused-ring (bicyclic) bond motifs is 2. The normalized spacial score (nSPS) is 15.6. The zero-order valence-electron chi connectivity index (χ0n) is 14.6. The van der Waals surface area contributed by atoms with Crippen molar-refractivity contribution in [2.75, 3.05) is 6.54 Å². The van der Waals surface area contributed by atoms with Crippen molar-refractivity contribution in [1.29, 1.82) is 0 Å². The van der Waals surface area contributed by atoms with Gasteiger partial charge in [-0.15, -0.1) is 0 Å². The molecule has 0 spiro atoms. The Morgan fingerprint density at radius 1 is 1.21 bits per heavy atom. The third-order valence-electron chi connectivity index (χ3n) is 4.76. The standard InChI is InChI=1S/C20H24N4/c1-20(2,3)19-22-11-15-8-10-24(13-17(15)23-19)12-16-6-4-5-14-7-9-21-18(14)16/h4-7,9,11,21H,8,10,12-13H2,1-3H3. The van der Waals surface area contributed by atoms with Crippen LogP contribution in [0.15, 0.2) is 36.7 Å². The maximum absolute atomic E-state index is 4.87. The molecule has 0 amide bonds. The smallest absolute Gasteiger partial charge is 0.133 e. The fourth-order valence-corrected chi connectivity index (χ4v) is 3.38. The number of nitrogens with one attached hydrogen (secondary N) is 1. The number of rotatable bonds is 2. The van der Waals surface area contributed by atoms with E-state index in [4.69, 9.17) is 4.98 Å². The average molecular weight is 320 g/mol. The summed E-state index contributed by atoms with van der Waals surface area (Å²) in [6.45, 7) is 9.41. The topological polar surface area (TPSA) is 44.8 Å². The van der Waals surface area contributed by atoms with Gasteiger partial charge in [0.05, 0.1) is 5.69 Å². The average Bonchev–Trinajstić information content (AvgIpc) is 3.03. The van der Waals surface area contributed by atoms with Gasteiger partial charge >= 0.3 is 0 Å². The Labute approximate surface area is 142 Å². The van der Waals surface area contributed by atoms with E-state index in [-0.39, 0.29) is 5.41 Å². The molecule has 4 nitrogen and oxygen atoms in total. The van der Waals surface area contributed by atoms with Crippen LogP contribution >= 0.6 is 0 Å². The number of para-hydroxylation sites is 1. The van der Waals surface area contributed by atoms with E-state index in [0.29, 0.717) is 0 Å². The minimum Gasteiger partial charge on any atom is -0.361 e. The van der Waals surface area contributed by atoms with Crippen LogP contribution in [0.1, 0.15) is 43.4 Å². The first-order chi connectivity index (χ1) is 11.5. The van der Waals surface area contributed by atoms with Gasteiger partial charge in [-0.2, -0.15) is 0 Å². The molecular weight excluding hydrogens is 296 g/mol. The highest BCUT2D eigenvalue weighted by Crippen LogP contribution is 2.25. The van der Waals surface area contributed by atoms with Crippen LogP contribution in [0.25, 0.3) is 10.9 Å². The van der Waals surface area contributed by atoms with Gasteiger partial charge < -0.3 is 4.98 Å². The lowest BCUT2D eigenvalue weighted by Gasteiger charge is -2.29. The van der Waals surface area contributed by atoms with Crippen LogP contribution < -0.4 is 0 Å². The Morgan fingerprint density at radius 3 is 2.92 bits per heavy atom. The van der Waals surface area contributed by atoms with E-state index in [0.717, 1.165) is 31.9 Å². The fourth-order valence-electron chi connectivity index (χ4n) is 3.38. The summed E-state index contributed by atoms with van der Waals surface area (Å²) in [4.78, 5) is 15.3. The molecule has 0 saturated heterocycles. The van der Waals surface area contributed by atoms with Crippen LogP contribution in [-0.2, 0) is 24.9 Å². The molecule has 0 saturated carbocycles. The molecule has 4 heteroatoms. The lowest BCUT2D eigenvalue weighted by molar-refractivity contribution is 0.241. The van der Waals surface area contributed by atoms with E-state index in [1.165, 1.54) is 27.7 Å². The highest BCUT2D eigenvalue weighted by atomic mass is 15.1. The van der Waals surface area contributed by atoms with E-state index in [1.807, 2.05) is 12.4 Å². The molecule has 3 heterocycles. The van der Waals surface area contributed by atoms with Gasteiger partial charge in [-0.1, -0.05) is 39.0 Å². The molecule has 24 heavy (non-hydrogen) atoms. The summed E-state index contributed by atoms with van der Waals surface area (Å²) in [6.07, 6.45) is 5.08. The number of hydrogen-bond acceptors (Lipinski definition) is 3. The monoisotopic (exact) mass is 320 g/mol. The van der Waals surface area contributed by atoms with Crippen molar-refractivity contribution in [3.8, 4) is 0 Å². The number of nitrogens with zero attached hydrogens (tertiary/aromatic N) is 3. The molecule has 1 aliphatic heterocycles. The van der Waals surface area contributed by atoms with Crippen molar-refractivity contribution in [2.45, 2.75) is 45.7 Å². The van der Waals surface area contributed by atoms with Crippen molar-refractivity contribution >= 4 is 10.9 Å². The fraction of sp³-hybridized carbons (Fsp3) is 0.400. The van der Waals surface area contributed by atoms with Gasteiger partial charge in [0.25, 0.3) is 0 Å². The first-order valence-corrected chi connectivity index (χ1v) is 8.63. The Hall–Kier alpha value is -2.20. The van der Waals surface area contributed by atoms with E-state index < -0.39 is 0 Å². The molecule has 0 unspecified atom stereocenters. The van der Waals surface area contributed by atoms with E-state index in [1.54, 1.807) is 0 Å². The van der Waals surface area contributed by atoms with Crippen molar-refractivity contribution in [3.63, 3.8) is 0 Å². The Morgan fingerprint density at radius 2 is 2.08 bits per heavy atom. The number of aromatic nitrogens is 3. The highest BCUT2D eigenvalue weighted by Gasteiger charge is 2.23. The van der Waals surface area contributed by atoms with Crippen molar-refractivity contribution in [3.05, 3.63) is 59.3 Å². The van der Waals surface area contributed by atoms with Crippen LogP contribution in [0, 0.1) is 0 Å². The number of aromatic amines is 1. The summed E-state index contributed by atoms with van der Waals surface area (Å²) in [5.74, 6) is 0.939. The molecule has 3 aromatic rings. The number of hydrogen-bond donors (Lipinski definition) is 1. The van der Waals surface area contributed by atoms with E-state index in [2.05, 4.69) is 59.9 Å². The maximum Gasteiger partial charge on any atom is 0.133 e. The van der Waals surface area contributed by atoms with Gasteiger partial charge in [0.1, 0.15) is 5.82 Å². The Kier molecular flexibility index (Phi) is 3.65. The van der Waals surface area contributed by atoms with Gasteiger partial charge in [0.15, 0.2) is 0 Å². The third-order valence-corrected chi connectivity index (χ3v) is 4.76. The Balaban J connectivity index is 1.59. The predicted molar refractivity (Wildman–Crippen MR) is 96.8 cm³/mol. The lowest BCUT2D eigenvalue weighted by Crippen LogP contribution is -2.32. The summed E-state index contributed by atoms with van der Waals surface area (Å²) in [7, 11) is 0. The maximum atomic E-state index is 4.87. The highest BCUT2D eigenvalue weighted by molar-refractivity contribution is 5.82. The summed E-state index contributed by atoms with van der Waals surface area (Å²) >= 11 is 0. The van der Waals surface area contributed by atoms with Crippen molar-refractivity contribution in [1.82, 2.24) is 19.9 Å². The SMILES string of the molecule is CC(C)(C)c1ncc2c(n1)CN(Cc1cccc3cc[nH]c13)CC2. The molecule has 0 bridgehead atoms. The second-order valence-electron chi connectivity index (χ2n) is 7.74. The third kappa shape index (κ3) is 2.82. The second kappa shape index (κ2) is 5.71. The summed E-state index contributed by atoms with van der Waals surface area (Å²) in [5, 5.41) is 1.28. The van der Waals surface area contributed by atoms with Gasteiger partial charge in [0, 0.05) is 43.0 Å². The van der Waals surface area contributed by atoms with Crippen molar-refractivity contribution in [2.24, 2.45) is 0 Å². The zero-order valence-corrected chi connectivity index (χ0v) is 14.6. The van der Waals surface area contributed by atoms with Gasteiger partial charge in [0.2, 0.25) is 0 Å². The molecule has 0 radical (unpaired) electrons. The van der Waals surface area contributed by atoms with Gasteiger partial charge in [-0.25, -0.2) is 9.97 Å². The number of benzene rings is 1. The molecular formula is C20H24N4. The minimum atomic E-state index is -0.00680. The van der Waals surface area contributed by atoms with Crippen LogP contribution in [0.5, 0.6) is 0 Å². The molecule has 1 N–H and O–H groups in total. The molecule has 4 rings (SSSR count). The quantitative estimate of drug-likeness (QED) is 0.781. The first kappa shape index (κ1) is 15.3. The second-order valence-corrected chi connectivity index (χ2v) is 7.74. The van der Waals surface area contributed by atoms with Gasteiger partial charge in [-0.3, -0.25) is 4.90 Å². The summed E-state index contributed by atoms with van der Waals surface area (Å²) in [6, 6.07) is 8.65. The summed E-state index contributed by atoms with van der Waals surface area (Å²) < 4.78 is 0. The molecule has 2 aromatic heterocycles. The summed E-state index contributed by atoms with van der Waals surface area (Å²) in [5.41, 5.74) is 5.09.